The first-order valence-corrected chi connectivity index (χ1v) is 11.6. The third kappa shape index (κ3) is 3.52. The maximum Gasteiger partial charge on any atom is 0.328 e. The maximum atomic E-state index is 13.6. The van der Waals surface area contributed by atoms with Crippen LogP contribution in [0.2, 0.25) is 0 Å². The molecule has 0 spiro atoms. The second-order valence-corrected chi connectivity index (χ2v) is 9.56. The number of para-hydroxylation sites is 2. The number of amides is 4. The van der Waals surface area contributed by atoms with E-state index in [0.717, 1.165) is 28.2 Å². The van der Waals surface area contributed by atoms with Crippen molar-refractivity contribution in [3.05, 3.63) is 71.1 Å². The molecule has 0 radical (unpaired) electrons. The standard InChI is InChI=1S/C24H23N3O5S/c1-24-16-8-2-5-11-19(16)33-21(24)22(30)26(13-15-7-6-12-32-15)23(31)27(24)14-20(29)25-17-9-3-4-10-18(17)28/h2-4,6-10,12,21,28H,5,11,13-14H2,1H3,(H,25,29). The van der Waals surface area contributed by atoms with E-state index in [4.69, 9.17) is 4.42 Å². The van der Waals surface area contributed by atoms with Crippen LogP contribution in [0.25, 0.3) is 0 Å². The topological polar surface area (TPSA) is 103 Å². The number of hydrogen-bond donors (Lipinski definition) is 2. The SMILES string of the molecule is CC12C3=C(CCC=C3)SC1C(=O)N(Cc1ccco1)C(=O)N2CC(=O)Nc1ccccc1O. The molecule has 4 amide bonds. The molecule has 0 bridgehead atoms. The number of allylic oxidation sites excluding steroid dienone is 2. The summed E-state index contributed by atoms with van der Waals surface area (Å²) in [6.45, 7) is 1.58. The number of anilines is 1. The van der Waals surface area contributed by atoms with Crippen LogP contribution in [0, 0.1) is 0 Å². The van der Waals surface area contributed by atoms with Crippen LogP contribution in [-0.4, -0.2) is 50.1 Å². The Balaban J connectivity index is 1.49. The van der Waals surface area contributed by atoms with Gasteiger partial charge in [0.05, 0.1) is 24.0 Å². The predicted octanol–water partition coefficient (Wildman–Crippen LogP) is 3.87. The Bertz CT molecular complexity index is 1190. The number of carbonyl (C=O) groups excluding carboxylic acids is 3. The molecule has 170 valence electrons. The Morgan fingerprint density at radius 1 is 1.27 bits per heavy atom. The Morgan fingerprint density at radius 3 is 2.85 bits per heavy atom. The molecule has 2 unspecified atom stereocenters. The first-order valence-electron chi connectivity index (χ1n) is 10.7. The fourth-order valence-corrected chi connectivity index (χ4v) is 6.25. The van der Waals surface area contributed by atoms with E-state index in [1.165, 1.54) is 29.0 Å². The van der Waals surface area contributed by atoms with Gasteiger partial charge in [-0.15, -0.1) is 11.8 Å². The van der Waals surface area contributed by atoms with E-state index in [9.17, 15) is 19.5 Å². The first-order chi connectivity index (χ1) is 15.9. The zero-order chi connectivity index (χ0) is 23.2. The third-order valence-electron chi connectivity index (χ3n) is 6.33. The van der Waals surface area contributed by atoms with Gasteiger partial charge in [0.25, 0.3) is 0 Å². The number of nitrogens with zero attached hydrogens (tertiary/aromatic N) is 2. The average molecular weight is 466 g/mol. The Morgan fingerprint density at radius 2 is 2.09 bits per heavy atom. The summed E-state index contributed by atoms with van der Waals surface area (Å²) in [5, 5.41) is 12.1. The summed E-state index contributed by atoms with van der Waals surface area (Å²) < 4.78 is 5.37. The number of nitrogens with one attached hydrogen (secondary N) is 1. The zero-order valence-electron chi connectivity index (χ0n) is 18.0. The molecule has 1 saturated heterocycles. The number of phenols is 1. The molecule has 1 aromatic carbocycles. The van der Waals surface area contributed by atoms with E-state index < -0.39 is 22.7 Å². The number of aromatic hydroxyl groups is 1. The molecular formula is C24H23N3O5S. The minimum absolute atomic E-state index is 0.00406. The van der Waals surface area contributed by atoms with E-state index >= 15 is 0 Å². The molecule has 2 aliphatic heterocycles. The number of rotatable bonds is 5. The fraction of sp³-hybridized carbons (Fsp3) is 0.292. The van der Waals surface area contributed by atoms with Crippen molar-refractivity contribution in [2.45, 2.75) is 37.1 Å². The van der Waals surface area contributed by atoms with Gasteiger partial charge in [-0.25, -0.2) is 4.79 Å². The molecule has 5 rings (SSSR count). The number of benzene rings is 1. The summed E-state index contributed by atoms with van der Waals surface area (Å²) in [4.78, 5) is 43.8. The molecule has 2 N–H and O–H groups in total. The van der Waals surface area contributed by atoms with Gasteiger partial charge in [-0.3, -0.25) is 14.5 Å². The van der Waals surface area contributed by atoms with Crippen molar-refractivity contribution in [3.63, 3.8) is 0 Å². The number of urea groups is 1. The molecule has 8 nitrogen and oxygen atoms in total. The van der Waals surface area contributed by atoms with Crippen LogP contribution >= 0.6 is 11.8 Å². The molecule has 3 heterocycles. The first kappa shape index (κ1) is 21.4. The summed E-state index contributed by atoms with van der Waals surface area (Å²) >= 11 is 1.48. The second kappa shape index (κ2) is 8.15. The van der Waals surface area contributed by atoms with Crippen LogP contribution in [0.3, 0.4) is 0 Å². The lowest BCUT2D eigenvalue weighted by Gasteiger charge is -2.49. The Kier molecular flexibility index (Phi) is 5.28. The normalized spacial score (nSPS) is 24.2. The van der Waals surface area contributed by atoms with Gasteiger partial charge in [0.2, 0.25) is 11.8 Å². The summed E-state index contributed by atoms with van der Waals surface area (Å²) in [5.74, 6) is -0.328. The molecule has 2 aromatic rings. The molecular weight excluding hydrogens is 442 g/mol. The third-order valence-corrected chi connectivity index (χ3v) is 7.93. The summed E-state index contributed by atoms with van der Waals surface area (Å²) in [6, 6.07) is 9.26. The number of thioether (sulfide) groups is 1. The number of hydrogen-bond acceptors (Lipinski definition) is 6. The minimum Gasteiger partial charge on any atom is -0.506 e. The average Bonchev–Trinajstić information content (AvgIpc) is 3.43. The largest absolute Gasteiger partial charge is 0.506 e. The maximum absolute atomic E-state index is 13.6. The molecule has 1 aliphatic carbocycles. The van der Waals surface area contributed by atoms with Crippen molar-refractivity contribution in [2.24, 2.45) is 0 Å². The highest BCUT2D eigenvalue weighted by Gasteiger charge is 2.60. The van der Waals surface area contributed by atoms with Gasteiger partial charge in [0.1, 0.15) is 23.3 Å². The molecule has 3 aliphatic rings. The fourth-order valence-electron chi connectivity index (χ4n) is 4.62. The van der Waals surface area contributed by atoms with E-state index in [2.05, 4.69) is 5.32 Å². The number of carbonyl (C=O) groups is 3. The lowest BCUT2D eigenvalue weighted by atomic mass is 9.81. The molecule has 0 saturated carbocycles. The molecule has 9 heteroatoms. The van der Waals surface area contributed by atoms with Crippen LogP contribution in [0.15, 0.2) is 69.7 Å². The van der Waals surface area contributed by atoms with Gasteiger partial charge in [0, 0.05) is 0 Å². The van der Waals surface area contributed by atoms with E-state index in [-0.39, 0.29) is 30.4 Å². The summed E-state index contributed by atoms with van der Waals surface area (Å²) in [7, 11) is 0. The number of phenolic OH excluding ortho intramolecular Hbond substituents is 1. The van der Waals surface area contributed by atoms with Crippen molar-refractivity contribution >= 4 is 35.3 Å². The second-order valence-electron chi connectivity index (χ2n) is 8.36. The number of imide groups is 1. The predicted molar refractivity (Wildman–Crippen MR) is 123 cm³/mol. The van der Waals surface area contributed by atoms with Crippen LogP contribution in [0.5, 0.6) is 5.75 Å². The van der Waals surface area contributed by atoms with Crippen molar-refractivity contribution in [1.29, 1.82) is 0 Å². The summed E-state index contributed by atoms with van der Waals surface area (Å²) in [5.41, 5.74) is 0.217. The molecule has 2 atom stereocenters. The highest BCUT2D eigenvalue weighted by atomic mass is 32.2. The van der Waals surface area contributed by atoms with E-state index in [0.29, 0.717) is 5.76 Å². The zero-order valence-corrected chi connectivity index (χ0v) is 18.8. The molecule has 1 fully saturated rings. The Hall–Kier alpha value is -3.46. The smallest absolute Gasteiger partial charge is 0.328 e. The van der Waals surface area contributed by atoms with Crippen LogP contribution in [0.4, 0.5) is 10.5 Å². The minimum atomic E-state index is -0.958. The van der Waals surface area contributed by atoms with Crippen LogP contribution in [0.1, 0.15) is 25.5 Å². The van der Waals surface area contributed by atoms with Crippen LogP contribution in [-0.2, 0) is 16.1 Å². The highest BCUT2D eigenvalue weighted by Crippen LogP contribution is 2.54. The quantitative estimate of drug-likeness (QED) is 0.650. The monoisotopic (exact) mass is 465 g/mol. The van der Waals surface area contributed by atoms with E-state index in [1.807, 2.05) is 19.1 Å². The van der Waals surface area contributed by atoms with Gasteiger partial charge >= 0.3 is 6.03 Å². The lowest BCUT2D eigenvalue weighted by Crippen LogP contribution is -2.69. The highest BCUT2D eigenvalue weighted by molar-refractivity contribution is 8.04. The van der Waals surface area contributed by atoms with Crippen molar-refractivity contribution in [2.75, 3.05) is 11.9 Å². The van der Waals surface area contributed by atoms with Gasteiger partial charge in [0.15, 0.2) is 0 Å². The number of fused-ring (bicyclic) bond motifs is 2. The number of furan rings is 1. The van der Waals surface area contributed by atoms with Crippen LogP contribution < -0.4 is 5.32 Å². The van der Waals surface area contributed by atoms with E-state index in [1.54, 1.807) is 30.3 Å². The van der Waals surface area contributed by atoms with Crippen molar-refractivity contribution in [1.82, 2.24) is 9.80 Å². The summed E-state index contributed by atoms with van der Waals surface area (Å²) in [6.07, 6.45) is 7.19. The lowest BCUT2D eigenvalue weighted by molar-refractivity contribution is -0.135. The van der Waals surface area contributed by atoms with Crippen molar-refractivity contribution in [3.8, 4) is 5.75 Å². The Labute approximate surface area is 194 Å². The van der Waals surface area contributed by atoms with Gasteiger partial charge in [-0.2, -0.15) is 0 Å². The van der Waals surface area contributed by atoms with Gasteiger partial charge < -0.3 is 19.7 Å². The van der Waals surface area contributed by atoms with Gasteiger partial charge in [-0.05, 0) is 54.5 Å². The molecule has 1 aromatic heterocycles. The van der Waals surface area contributed by atoms with Gasteiger partial charge in [-0.1, -0.05) is 24.3 Å². The van der Waals surface area contributed by atoms with Crippen molar-refractivity contribution < 1.29 is 23.9 Å². The molecule has 33 heavy (non-hydrogen) atoms.